The molecule has 3 aromatic heterocycles. The highest BCUT2D eigenvalue weighted by atomic mass is 19.4. The van der Waals surface area contributed by atoms with Gasteiger partial charge in [-0.15, -0.1) is 5.10 Å². The number of carbonyl (C=O) groups is 1. The molecule has 0 saturated carbocycles. The maximum absolute atomic E-state index is 12.9. The number of hydrogen-bond donors (Lipinski definition) is 3. The lowest BCUT2D eigenvalue weighted by Crippen LogP contribution is -2.39. The molecule has 0 fully saturated rings. The fraction of sp³-hybridized carbons (Fsp3) is 0.278. The molecule has 0 aliphatic rings. The van der Waals surface area contributed by atoms with Gasteiger partial charge in [-0.1, -0.05) is 5.21 Å². The lowest BCUT2D eigenvalue weighted by Gasteiger charge is -2.16. The highest BCUT2D eigenvalue weighted by molar-refractivity contribution is 5.76. The Morgan fingerprint density at radius 1 is 1.20 bits per heavy atom. The molecule has 1 atom stereocenters. The second-order valence-electron chi connectivity index (χ2n) is 6.85. The van der Waals surface area contributed by atoms with Gasteiger partial charge in [0.05, 0.1) is 24.0 Å². The van der Waals surface area contributed by atoms with Crippen molar-refractivity contribution in [1.29, 1.82) is 0 Å². The highest BCUT2D eigenvalue weighted by Crippen LogP contribution is 2.30. The summed E-state index contributed by atoms with van der Waals surface area (Å²) in [7, 11) is 0. The summed E-state index contributed by atoms with van der Waals surface area (Å²) in [5, 5.41) is 29.3. The van der Waals surface area contributed by atoms with E-state index in [9.17, 15) is 23.1 Å². The molecule has 0 bridgehead atoms. The van der Waals surface area contributed by atoms with Crippen LogP contribution in [-0.2, 0) is 17.5 Å². The second kappa shape index (κ2) is 7.71. The van der Waals surface area contributed by atoms with Crippen LogP contribution in [0.1, 0.15) is 18.1 Å². The quantitative estimate of drug-likeness (QED) is 0.554. The van der Waals surface area contributed by atoms with Crippen molar-refractivity contribution in [3.05, 3.63) is 47.8 Å². The zero-order chi connectivity index (χ0) is 22.1. The van der Waals surface area contributed by atoms with Crippen molar-refractivity contribution in [2.24, 2.45) is 0 Å². The Bertz CT molecular complexity index is 1080. The number of aliphatic hydroxyl groups is 1. The Morgan fingerprint density at radius 3 is 2.60 bits per heavy atom. The van der Waals surface area contributed by atoms with Crippen molar-refractivity contribution in [1.82, 2.24) is 25.0 Å². The monoisotopic (exact) mass is 422 g/mol. The Morgan fingerprint density at radius 2 is 1.93 bits per heavy atom. The van der Waals surface area contributed by atoms with Crippen LogP contribution in [0.25, 0.3) is 11.4 Å². The number of nitrogens with one attached hydrogen (secondary N) is 1. The summed E-state index contributed by atoms with van der Waals surface area (Å²) in [5.41, 5.74) is -1.50. The van der Waals surface area contributed by atoms with E-state index in [1.165, 1.54) is 6.20 Å². The van der Waals surface area contributed by atoms with Crippen molar-refractivity contribution >= 4 is 17.6 Å². The van der Waals surface area contributed by atoms with Crippen LogP contribution in [0.4, 0.5) is 24.8 Å². The number of anilines is 2. The first-order chi connectivity index (χ1) is 13.9. The van der Waals surface area contributed by atoms with Gasteiger partial charge in [-0.05, 0) is 43.7 Å². The van der Waals surface area contributed by atoms with E-state index in [0.29, 0.717) is 11.4 Å². The van der Waals surface area contributed by atoms with Gasteiger partial charge in [-0.2, -0.15) is 13.2 Å². The van der Waals surface area contributed by atoms with Gasteiger partial charge in [0.1, 0.15) is 17.3 Å². The first-order valence-corrected chi connectivity index (χ1v) is 8.59. The van der Waals surface area contributed by atoms with Crippen LogP contribution in [-0.4, -0.2) is 46.7 Å². The number of aryl methyl sites for hydroxylation is 1. The Hall–Kier alpha value is -3.54. The molecule has 1 unspecified atom stereocenters. The van der Waals surface area contributed by atoms with Crippen molar-refractivity contribution in [2.75, 3.05) is 5.32 Å². The molecule has 30 heavy (non-hydrogen) atoms. The van der Waals surface area contributed by atoms with E-state index in [1.54, 1.807) is 19.1 Å². The number of alkyl halides is 3. The molecule has 3 heterocycles. The topological polar surface area (TPSA) is 126 Å². The van der Waals surface area contributed by atoms with Crippen molar-refractivity contribution in [3.8, 4) is 11.4 Å². The fourth-order valence-electron chi connectivity index (χ4n) is 2.55. The second-order valence-corrected chi connectivity index (χ2v) is 6.85. The Balaban J connectivity index is 1.86. The normalized spacial score (nSPS) is 13.7. The van der Waals surface area contributed by atoms with E-state index in [0.717, 1.165) is 35.5 Å². The van der Waals surface area contributed by atoms with Crippen LogP contribution < -0.4 is 5.32 Å². The number of carboxylic acid groups (broad SMARTS) is 1. The molecule has 12 heteroatoms. The first-order valence-electron chi connectivity index (χ1n) is 8.59. The van der Waals surface area contributed by atoms with Crippen molar-refractivity contribution in [3.63, 3.8) is 0 Å². The van der Waals surface area contributed by atoms with Crippen LogP contribution in [0.15, 0.2) is 36.7 Å². The number of pyridine rings is 2. The molecule has 3 N–H and O–H groups in total. The molecular formula is C18H17F3N6O3. The van der Waals surface area contributed by atoms with Crippen LogP contribution in [0.3, 0.4) is 0 Å². The minimum absolute atomic E-state index is 0.0324. The van der Waals surface area contributed by atoms with Gasteiger partial charge in [-0.25, -0.2) is 19.4 Å². The van der Waals surface area contributed by atoms with Gasteiger partial charge in [0.2, 0.25) is 0 Å². The molecule has 158 valence electrons. The van der Waals surface area contributed by atoms with E-state index >= 15 is 0 Å². The van der Waals surface area contributed by atoms with Gasteiger partial charge in [0.25, 0.3) is 0 Å². The third-order valence-corrected chi connectivity index (χ3v) is 4.04. The molecule has 0 aromatic carbocycles. The average molecular weight is 422 g/mol. The summed E-state index contributed by atoms with van der Waals surface area (Å²) < 4.78 is 39.8. The van der Waals surface area contributed by atoms with Gasteiger partial charge < -0.3 is 15.5 Å². The minimum atomic E-state index is -4.50. The maximum Gasteiger partial charge on any atom is 0.416 e. The van der Waals surface area contributed by atoms with Gasteiger partial charge in [-0.3, -0.25) is 0 Å². The number of carboxylic acids is 1. The predicted molar refractivity (Wildman–Crippen MR) is 98.8 cm³/mol. The molecule has 3 aromatic rings. The SMILES string of the molecule is Cc1cc(Nc2cc(C(F)(F)F)ccn2)nc(-c2cn(CC(C)(O)C(=O)O)nn2)c1. The standard InChI is InChI=1S/C18H17F3N6O3/c1-10-5-12(13-8-27(26-25-13)9-17(2,30)16(28)29)23-15(6-10)24-14-7-11(3-4-22-14)18(19,20)21/h3-8,30H,9H2,1-2H3,(H,28,29)(H,22,23,24). The highest BCUT2D eigenvalue weighted by Gasteiger charge is 2.31. The molecule has 0 amide bonds. The average Bonchev–Trinajstić information content (AvgIpc) is 3.08. The van der Waals surface area contributed by atoms with E-state index in [-0.39, 0.29) is 18.2 Å². The summed E-state index contributed by atoms with van der Waals surface area (Å²) in [6.07, 6.45) is -2.05. The molecule has 9 nitrogen and oxygen atoms in total. The Kier molecular flexibility index (Phi) is 5.44. The van der Waals surface area contributed by atoms with Crippen LogP contribution >= 0.6 is 0 Å². The number of aromatic nitrogens is 5. The van der Waals surface area contributed by atoms with Gasteiger partial charge >= 0.3 is 12.1 Å². The van der Waals surface area contributed by atoms with E-state index in [1.807, 2.05) is 0 Å². The first kappa shape index (κ1) is 21.2. The molecule has 0 radical (unpaired) electrons. The van der Waals surface area contributed by atoms with Crippen LogP contribution in [0.5, 0.6) is 0 Å². The minimum Gasteiger partial charge on any atom is -0.479 e. The van der Waals surface area contributed by atoms with E-state index < -0.39 is 23.3 Å². The molecular weight excluding hydrogens is 405 g/mol. The molecule has 0 saturated heterocycles. The van der Waals surface area contributed by atoms with Crippen molar-refractivity contribution in [2.45, 2.75) is 32.2 Å². The number of hydrogen-bond acceptors (Lipinski definition) is 7. The molecule has 3 rings (SSSR count). The summed E-state index contributed by atoms with van der Waals surface area (Å²) in [6.45, 7) is 2.56. The fourth-order valence-corrected chi connectivity index (χ4v) is 2.55. The summed E-state index contributed by atoms with van der Waals surface area (Å²) in [5.74, 6) is -1.20. The van der Waals surface area contributed by atoms with E-state index in [4.69, 9.17) is 5.11 Å². The third-order valence-electron chi connectivity index (χ3n) is 4.04. The summed E-state index contributed by atoms with van der Waals surface area (Å²) in [6, 6.07) is 5.03. The van der Waals surface area contributed by atoms with Gasteiger partial charge in [0.15, 0.2) is 5.60 Å². The maximum atomic E-state index is 12.9. The molecule has 0 spiro atoms. The summed E-state index contributed by atoms with van der Waals surface area (Å²) in [4.78, 5) is 19.2. The molecule has 0 aliphatic heterocycles. The number of aliphatic carboxylic acids is 1. The third kappa shape index (κ3) is 4.89. The van der Waals surface area contributed by atoms with E-state index in [2.05, 4.69) is 25.6 Å². The lowest BCUT2D eigenvalue weighted by molar-refractivity contribution is -0.158. The lowest BCUT2D eigenvalue weighted by atomic mass is 10.1. The molecule has 0 aliphatic carbocycles. The smallest absolute Gasteiger partial charge is 0.416 e. The number of rotatable bonds is 6. The zero-order valence-corrected chi connectivity index (χ0v) is 15.8. The number of nitrogens with zero attached hydrogens (tertiary/aromatic N) is 5. The Labute approximate surface area is 168 Å². The van der Waals surface area contributed by atoms with Crippen molar-refractivity contribution < 1.29 is 28.2 Å². The largest absolute Gasteiger partial charge is 0.479 e. The van der Waals surface area contributed by atoms with Crippen LogP contribution in [0, 0.1) is 6.92 Å². The predicted octanol–water partition coefficient (Wildman–Crippen LogP) is 2.64. The van der Waals surface area contributed by atoms with Crippen LogP contribution in [0.2, 0.25) is 0 Å². The zero-order valence-electron chi connectivity index (χ0n) is 15.8. The number of halogens is 3. The van der Waals surface area contributed by atoms with Gasteiger partial charge in [0, 0.05) is 6.20 Å². The summed E-state index contributed by atoms with van der Waals surface area (Å²) >= 11 is 0.